The molecule has 6 nitrogen and oxygen atoms in total. The minimum Gasteiger partial charge on any atom is -0.497 e. The fourth-order valence-corrected chi connectivity index (χ4v) is 3.65. The number of carbonyl (C=O) groups excluding carboxylic acids is 2. The van der Waals surface area contributed by atoms with E-state index in [0.29, 0.717) is 31.7 Å². The number of methoxy groups -OCH3 is 1. The van der Waals surface area contributed by atoms with E-state index < -0.39 is 0 Å². The number of hydrogen-bond donors (Lipinski definition) is 1. The number of piperazine rings is 1. The predicted molar refractivity (Wildman–Crippen MR) is 121 cm³/mol. The number of benzene rings is 3. The van der Waals surface area contributed by atoms with Gasteiger partial charge in [0.1, 0.15) is 5.75 Å². The fraction of sp³-hybridized carbons (Fsp3) is 0.200. The Kier molecular flexibility index (Phi) is 6.17. The van der Waals surface area contributed by atoms with Crippen LogP contribution in [0.15, 0.2) is 78.9 Å². The molecular formula is C25H25N3O3. The van der Waals surface area contributed by atoms with Crippen LogP contribution in [-0.2, 0) is 0 Å². The van der Waals surface area contributed by atoms with Gasteiger partial charge in [0, 0.05) is 37.4 Å². The Morgan fingerprint density at radius 3 is 2.13 bits per heavy atom. The van der Waals surface area contributed by atoms with Crippen molar-refractivity contribution in [1.82, 2.24) is 9.80 Å². The smallest absolute Gasteiger partial charge is 0.321 e. The average molecular weight is 415 g/mol. The normalized spacial score (nSPS) is 13.6. The van der Waals surface area contributed by atoms with Gasteiger partial charge in [-0.05, 0) is 47.5 Å². The molecule has 1 aliphatic rings. The molecule has 1 aliphatic heterocycles. The summed E-state index contributed by atoms with van der Waals surface area (Å²) in [5, 5.41) is 2.90. The summed E-state index contributed by atoms with van der Waals surface area (Å²) in [7, 11) is 1.64. The molecular weight excluding hydrogens is 390 g/mol. The van der Waals surface area contributed by atoms with E-state index in [1.807, 2.05) is 78.9 Å². The fourth-order valence-electron chi connectivity index (χ4n) is 3.65. The maximum Gasteiger partial charge on any atom is 0.321 e. The lowest BCUT2D eigenvalue weighted by atomic mass is 10.0. The highest BCUT2D eigenvalue weighted by atomic mass is 16.5. The first kappa shape index (κ1) is 20.5. The number of nitrogens with one attached hydrogen (secondary N) is 1. The summed E-state index contributed by atoms with van der Waals surface area (Å²) < 4.78 is 5.30. The van der Waals surface area contributed by atoms with Crippen LogP contribution < -0.4 is 10.1 Å². The van der Waals surface area contributed by atoms with Crippen LogP contribution in [0.5, 0.6) is 5.75 Å². The Bertz CT molecular complexity index is 1060. The van der Waals surface area contributed by atoms with E-state index in [2.05, 4.69) is 5.32 Å². The van der Waals surface area contributed by atoms with E-state index in [9.17, 15) is 9.59 Å². The van der Waals surface area contributed by atoms with E-state index in [1.54, 1.807) is 16.9 Å². The first-order valence-corrected chi connectivity index (χ1v) is 10.3. The van der Waals surface area contributed by atoms with Crippen molar-refractivity contribution < 1.29 is 14.3 Å². The van der Waals surface area contributed by atoms with Crippen LogP contribution in [-0.4, -0.2) is 55.0 Å². The number of para-hydroxylation sites is 1. The molecule has 31 heavy (non-hydrogen) atoms. The largest absolute Gasteiger partial charge is 0.497 e. The third kappa shape index (κ3) is 4.86. The zero-order valence-corrected chi connectivity index (χ0v) is 17.5. The van der Waals surface area contributed by atoms with Crippen LogP contribution in [0, 0.1) is 0 Å². The van der Waals surface area contributed by atoms with Gasteiger partial charge in [0.2, 0.25) is 0 Å². The molecule has 0 unspecified atom stereocenters. The number of anilines is 1. The van der Waals surface area contributed by atoms with E-state index in [1.165, 1.54) is 0 Å². The van der Waals surface area contributed by atoms with Crippen molar-refractivity contribution in [3.63, 3.8) is 0 Å². The first-order valence-electron chi connectivity index (χ1n) is 10.3. The average Bonchev–Trinajstić information content (AvgIpc) is 2.84. The molecule has 1 heterocycles. The Balaban J connectivity index is 1.39. The van der Waals surface area contributed by atoms with Gasteiger partial charge in [-0.1, -0.05) is 42.5 Å². The summed E-state index contributed by atoms with van der Waals surface area (Å²) in [6.07, 6.45) is 0. The summed E-state index contributed by atoms with van der Waals surface area (Å²) in [6, 6.07) is 24.6. The van der Waals surface area contributed by atoms with Gasteiger partial charge >= 0.3 is 6.03 Å². The van der Waals surface area contributed by atoms with Crippen molar-refractivity contribution in [1.29, 1.82) is 0 Å². The molecule has 0 bridgehead atoms. The van der Waals surface area contributed by atoms with Crippen molar-refractivity contribution in [2.24, 2.45) is 0 Å². The van der Waals surface area contributed by atoms with Crippen LogP contribution in [0.25, 0.3) is 11.1 Å². The van der Waals surface area contributed by atoms with Gasteiger partial charge in [-0.2, -0.15) is 0 Å². The van der Waals surface area contributed by atoms with Gasteiger partial charge in [0.05, 0.1) is 7.11 Å². The molecule has 3 amide bonds. The molecule has 4 rings (SSSR count). The lowest BCUT2D eigenvalue weighted by Gasteiger charge is -2.34. The second-order valence-electron chi connectivity index (χ2n) is 7.39. The highest BCUT2D eigenvalue weighted by Gasteiger charge is 2.25. The van der Waals surface area contributed by atoms with Gasteiger partial charge in [-0.15, -0.1) is 0 Å². The van der Waals surface area contributed by atoms with Crippen molar-refractivity contribution in [3.05, 3.63) is 84.4 Å². The SMILES string of the molecule is COc1cccc(-c2cccc(C(=O)N3CCN(C(=O)Nc4ccccc4)CC3)c2)c1. The van der Waals surface area contributed by atoms with Crippen LogP contribution >= 0.6 is 0 Å². The van der Waals surface area contributed by atoms with Crippen molar-refractivity contribution in [2.45, 2.75) is 0 Å². The Morgan fingerprint density at radius 2 is 1.42 bits per heavy atom. The number of rotatable bonds is 4. The molecule has 0 radical (unpaired) electrons. The van der Waals surface area contributed by atoms with Gasteiger partial charge < -0.3 is 19.9 Å². The molecule has 0 aromatic heterocycles. The van der Waals surface area contributed by atoms with Crippen molar-refractivity contribution >= 4 is 17.6 Å². The highest BCUT2D eigenvalue weighted by molar-refractivity contribution is 5.96. The van der Waals surface area contributed by atoms with Gasteiger partial charge in [-0.3, -0.25) is 4.79 Å². The minimum absolute atomic E-state index is 0.0205. The van der Waals surface area contributed by atoms with E-state index in [4.69, 9.17) is 4.74 Å². The first-order chi connectivity index (χ1) is 15.1. The molecule has 158 valence electrons. The number of nitrogens with zero attached hydrogens (tertiary/aromatic N) is 2. The zero-order valence-electron chi connectivity index (χ0n) is 17.5. The number of ether oxygens (including phenoxy) is 1. The molecule has 0 spiro atoms. The van der Waals surface area contributed by atoms with Crippen molar-refractivity contribution in [2.75, 3.05) is 38.6 Å². The minimum atomic E-state index is -0.140. The number of urea groups is 1. The zero-order chi connectivity index (χ0) is 21.6. The second kappa shape index (κ2) is 9.34. The number of amides is 3. The Labute approximate surface area is 182 Å². The Morgan fingerprint density at radius 1 is 0.774 bits per heavy atom. The van der Waals surface area contributed by atoms with Crippen LogP contribution in [0.4, 0.5) is 10.5 Å². The Hall–Kier alpha value is -3.80. The molecule has 6 heteroatoms. The molecule has 3 aromatic carbocycles. The van der Waals surface area contributed by atoms with Crippen molar-refractivity contribution in [3.8, 4) is 16.9 Å². The molecule has 3 aromatic rings. The lowest BCUT2D eigenvalue weighted by molar-refractivity contribution is 0.0672. The summed E-state index contributed by atoms with van der Waals surface area (Å²) >= 11 is 0. The quantitative estimate of drug-likeness (QED) is 0.689. The van der Waals surface area contributed by atoms with Crippen LogP contribution in [0.2, 0.25) is 0 Å². The highest BCUT2D eigenvalue weighted by Crippen LogP contribution is 2.25. The summed E-state index contributed by atoms with van der Waals surface area (Å²) in [6.45, 7) is 2.01. The van der Waals surface area contributed by atoms with Crippen LogP contribution in [0.1, 0.15) is 10.4 Å². The molecule has 1 saturated heterocycles. The van der Waals surface area contributed by atoms with Gasteiger partial charge in [0.15, 0.2) is 0 Å². The molecule has 0 aliphatic carbocycles. The lowest BCUT2D eigenvalue weighted by Crippen LogP contribution is -2.51. The molecule has 1 fully saturated rings. The maximum absolute atomic E-state index is 13.1. The van der Waals surface area contributed by atoms with Gasteiger partial charge in [-0.25, -0.2) is 4.79 Å². The topological polar surface area (TPSA) is 61.9 Å². The third-order valence-corrected chi connectivity index (χ3v) is 5.39. The predicted octanol–water partition coefficient (Wildman–Crippen LogP) is 4.35. The molecule has 1 N–H and O–H groups in total. The summed E-state index contributed by atoms with van der Waals surface area (Å²) in [5.41, 5.74) is 3.37. The standard InChI is InChI=1S/C25H25N3O3/c1-31-23-12-6-8-20(18-23)19-7-5-9-21(17-19)24(29)27-13-15-28(16-14-27)25(30)26-22-10-3-2-4-11-22/h2-12,17-18H,13-16H2,1H3,(H,26,30). The second-order valence-corrected chi connectivity index (χ2v) is 7.39. The van der Waals surface area contributed by atoms with E-state index in [0.717, 1.165) is 22.6 Å². The summed E-state index contributed by atoms with van der Waals surface area (Å²) in [5.74, 6) is 0.756. The van der Waals surface area contributed by atoms with Gasteiger partial charge in [0.25, 0.3) is 5.91 Å². The maximum atomic E-state index is 13.1. The number of hydrogen-bond acceptors (Lipinski definition) is 3. The third-order valence-electron chi connectivity index (χ3n) is 5.39. The molecule has 0 atom stereocenters. The number of carbonyl (C=O) groups is 2. The van der Waals surface area contributed by atoms with E-state index >= 15 is 0 Å². The van der Waals surface area contributed by atoms with E-state index in [-0.39, 0.29) is 11.9 Å². The van der Waals surface area contributed by atoms with Crippen LogP contribution in [0.3, 0.4) is 0 Å². The monoisotopic (exact) mass is 415 g/mol. The summed E-state index contributed by atoms with van der Waals surface area (Å²) in [4.78, 5) is 29.1. The molecule has 0 saturated carbocycles.